The lowest BCUT2D eigenvalue weighted by Gasteiger charge is -2.13. The molecular weight excluding hydrogens is 336 g/mol. The van der Waals surface area contributed by atoms with Gasteiger partial charge in [0.1, 0.15) is 0 Å². The van der Waals surface area contributed by atoms with E-state index in [0.29, 0.717) is 0 Å². The molecule has 0 fully saturated rings. The fourth-order valence-corrected chi connectivity index (χ4v) is 1.64. The average Bonchev–Trinajstić information content (AvgIpc) is 2.52. The van der Waals surface area contributed by atoms with Crippen LogP contribution in [-0.2, 0) is 14.3 Å². The number of amides is 1. The lowest BCUT2D eigenvalue weighted by atomic mass is 10.3. The van der Waals surface area contributed by atoms with E-state index in [9.17, 15) is 9.59 Å². The molecule has 0 atom stereocenters. The third-order valence-electron chi connectivity index (χ3n) is 2.22. The summed E-state index contributed by atoms with van der Waals surface area (Å²) in [6, 6.07) is 9.29. The number of hydrogen-bond acceptors (Lipinski definition) is 5. The molecule has 0 spiro atoms. The highest BCUT2D eigenvalue weighted by Gasteiger charge is 2.03. The number of rotatable bonds is 4. The molecule has 1 rings (SSSR count). The number of hydrazine groups is 1. The Balaban J connectivity index is 2.29. The molecule has 7 nitrogen and oxygen atoms in total. The molecule has 23 heavy (non-hydrogen) atoms. The second-order valence-corrected chi connectivity index (χ2v) is 4.79. The molecule has 1 amide bonds. The number of para-hydroxylation sites is 1. The van der Waals surface area contributed by atoms with Crippen LogP contribution in [0.25, 0.3) is 0 Å². The molecule has 122 valence electrons. The number of ether oxygens (including phenoxy) is 1. The molecule has 0 radical (unpaired) electrons. The summed E-state index contributed by atoms with van der Waals surface area (Å²) in [4.78, 5) is 22.5. The highest BCUT2D eigenvalue weighted by Crippen LogP contribution is 2.03. The van der Waals surface area contributed by atoms with Gasteiger partial charge in [-0.15, -0.1) is 0 Å². The predicted octanol–water partition coefficient (Wildman–Crippen LogP) is 0.998. The Morgan fingerprint density at radius 2 is 1.74 bits per heavy atom. The van der Waals surface area contributed by atoms with Gasteiger partial charge in [0.05, 0.1) is 6.61 Å². The average molecular weight is 352 g/mol. The minimum absolute atomic E-state index is 0.000667. The van der Waals surface area contributed by atoms with Crippen molar-refractivity contribution < 1.29 is 14.3 Å². The van der Waals surface area contributed by atoms with Crippen molar-refractivity contribution in [3.8, 4) is 0 Å². The van der Waals surface area contributed by atoms with Crippen molar-refractivity contribution in [2.75, 3.05) is 11.9 Å². The lowest BCUT2D eigenvalue weighted by molar-refractivity contribution is -0.137. The molecular formula is C14H16N4O3S2. The van der Waals surface area contributed by atoms with Gasteiger partial charge in [0, 0.05) is 17.8 Å². The lowest BCUT2D eigenvalue weighted by Crippen LogP contribution is -2.49. The van der Waals surface area contributed by atoms with Gasteiger partial charge in [0.25, 0.3) is 0 Å². The number of nitrogens with one attached hydrogen (secondary N) is 4. The number of esters is 1. The molecule has 0 aliphatic rings. The molecule has 9 heteroatoms. The van der Waals surface area contributed by atoms with E-state index < -0.39 is 11.9 Å². The number of benzene rings is 1. The van der Waals surface area contributed by atoms with Crippen molar-refractivity contribution in [3.63, 3.8) is 0 Å². The molecule has 0 saturated carbocycles. The molecule has 0 aromatic heterocycles. The first kappa shape index (κ1) is 18.5. The third-order valence-corrected chi connectivity index (χ3v) is 2.62. The Morgan fingerprint density at radius 3 is 2.39 bits per heavy atom. The highest BCUT2D eigenvalue weighted by molar-refractivity contribution is 7.80. The molecule has 0 aliphatic heterocycles. The van der Waals surface area contributed by atoms with Crippen LogP contribution in [0.4, 0.5) is 5.69 Å². The van der Waals surface area contributed by atoms with E-state index in [1.807, 2.05) is 30.3 Å². The van der Waals surface area contributed by atoms with E-state index in [1.54, 1.807) is 6.92 Å². The first-order valence-corrected chi connectivity index (χ1v) is 7.40. The molecule has 0 heterocycles. The van der Waals surface area contributed by atoms with Crippen LogP contribution >= 0.6 is 24.4 Å². The SMILES string of the molecule is CCOC(=O)/C=C/C(=O)NC(=S)NNC(=S)Nc1ccccc1. The van der Waals surface area contributed by atoms with Crippen LogP contribution in [0.2, 0.25) is 0 Å². The third kappa shape index (κ3) is 8.49. The Hall–Kier alpha value is -2.52. The van der Waals surface area contributed by atoms with Gasteiger partial charge in [0.2, 0.25) is 5.91 Å². The number of thiocarbonyl (C=S) groups is 2. The zero-order valence-electron chi connectivity index (χ0n) is 12.3. The van der Waals surface area contributed by atoms with Crippen molar-refractivity contribution >= 4 is 52.2 Å². The normalized spacial score (nSPS) is 9.78. The summed E-state index contributed by atoms with van der Waals surface area (Å²) in [6.45, 7) is 1.91. The molecule has 0 unspecified atom stereocenters. The topological polar surface area (TPSA) is 91.5 Å². The maximum atomic E-state index is 11.5. The summed E-state index contributed by atoms with van der Waals surface area (Å²) in [5.74, 6) is -1.17. The smallest absolute Gasteiger partial charge is 0.330 e. The molecule has 1 aromatic rings. The number of hydrogen-bond donors (Lipinski definition) is 4. The first-order chi connectivity index (χ1) is 11.0. The summed E-state index contributed by atoms with van der Waals surface area (Å²) < 4.78 is 4.64. The van der Waals surface area contributed by atoms with Crippen LogP contribution in [0.1, 0.15) is 6.92 Å². The van der Waals surface area contributed by atoms with E-state index in [-0.39, 0.29) is 16.8 Å². The minimum Gasteiger partial charge on any atom is -0.463 e. The number of carbonyl (C=O) groups excluding carboxylic acids is 2. The van der Waals surface area contributed by atoms with E-state index in [2.05, 4.69) is 26.2 Å². The zero-order chi connectivity index (χ0) is 17.1. The molecule has 1 aromatic carbocycles. The van der Waals surface area contributed by atoms with Crippen LogP contribution in [0.15, 0.2) is 42.5 Å². The van der Waals surface area contributed by atoms with E-state index in [0.717, 1.165) is 17.8 Å². The Bertz CT molecular complexity index is 605. The molecule has 0 saturated heterocycles. The van der Waals surface area contributed by atoms with Crippen LogP contribution in [0, 0.1) is 0 Å². The van der Waals surface area contributed by atoms with E-state index >= 15 is 0 Å². The summed E-state index contributed by atoms with van der Waals surface area (Å²) in [6.07, 6.45) is 2.03. The zero-order valence-corrected chi connectivity index (χ0v) is 13.9. The quantitative estimate of drug-likeness (QED) is 0.276. The van der Waals surface area contributed by atoms with Gasteiger partial charge in [-0.2, -0.15) is 0 Å². The van der Waals surface area contributed by atoms with Crippen molar-refractivity contribution in [1.29, 1.82) is 0 Å². The van der Waals surface area contributed by atoms with Gasteiger partial charge in [-0.1, -0.05) is 18.2 Å². The molecule has 4 N–H and O–H groups in total. The fraction of sp³-hybridized carbons (Fsp3) is 0.143. The monoisotopic (exact) mass is 352 g/mol. The standard InChI is InChI=1S/C14H16N4O3S2/c1-2-21-12(20)9-8-11(19)16-14(23)18-17-13(22)15-10-6-4-3-5-7-10/h3-9H,2H2,1H3,(H2,15,17,22)(H2,16,18,19,23)/b9-8+. The van der Waals surface area contributed by atoms with E-state index in [4.69, 9.17) is 24.4 Å². The summed E-state index contributed by atoms with van der Waals surface area (Å²) in [7, 11) is 0. The van der Waals surface area contributed by atoms with E-state index in [1.165, 1.54) is 0 Å². The van der Waals surface area contributed by atoms with Crippen LogP contribution in [0.5, 0.6) is 0 Å². The maximum Gasteiger partial charge on any atom is 0.330 e. The van der Waals surface area contributed by atoms with Crippen LogP contribution in [-0.4, -0.2) is 28.7 Å². The molecule has 0 bridgehead atoms. The number of anilines is 1. The minimum atomic E-state index is -0.604. The summed E-state index contributed by atoms with van der Waals surface area (Å²) in [5, 5.41) is 5.52. The summed E-state index contributed by atoms with van der Waals surface area (Å²) >= 11 is 9.95. The van der Waals surface area contributed by atoms with Crippen molar-refractivity contribution in [2.24, 2.45) is 0 Å². The van der Waals surface area contributed by atoms with Crippen molar-refractivity contribution in [1.82, 2.24) is 16.2 Å². The highest BCUT2D eigenvalue weighted by atomic mass is 32.1. The van der Waals surface area contributed by atoms with Gasteiger partial charge in [-0.3, -0.25) is 21.0 Å². The fourth-order valence-electron chi connectivity index (χ4n) is 1.32. The van der Waals surface area contributed by atoms with Crippen molar-refractivity contribution in [3.05, 3.63) is 42.5 Å². The second-order valence-electron chi connectivity index (χ2n) is 3.97. The Morgan fingerprint density at radius 1 is 1.09 bits per heavy atom. The largest absolute Gasteiger partial charge is 0.463 e. The predicted molar refractivity (Wildman–Crippen MR) is 95.4 cm³/mol. The van der Waals surface area contributed by atoms with Crippen LogP contribution in [0.3, 0.4) is 0 Å². The van der Waals surface area contributed by atoms with Crippen LogP contribution < -0.4 is 21.5 Å². The Labute approximate surface area is 144 Å². The van der Waals surface area contributed by atoms with Crippen molar-refractivity contribution in [2.45, 2.75) is 6.92 Å². The Kier molecular flexibility index (Phi) is 8.25. The van der Waals surface area contributed by atoms with Gasteiger partial charge < -0.3 is 10.1 Å². The van der Waals surface area contributed by atoms with Gasteiger partial charge >= 0.3 is 5.97 Å². The van der Waals surface area contributed by atoms with Gasteiger partial charge in [0.15, 0.2) is 10.2 Å². The number of carbonyl (C=O) groups is 2. The van der Waals surface area contributed by atoms with Gasteiger partial charge in [-0.05, 0) is 43.5 Å². The summed E-state index contributed by atoms with van der Waals surface area (Å²) in [5.41, 5.74) is 5.97. The second kappa shape index (κ2) is 10.2. The first-order valence-electron chi connectivity index (χ1n) is 6.59. The van der Waals surface area contributed by atoms with Gasteiger partial charge in [-0.25, -0.2) is 4.79 Å². The maximum absolute atomic E-state index is 11.5. The molecule has 0 aliphatic carbocycles.